The highest BCUT2D eigenvalue weighted by Crippen LogP contribution is 2.39. The highest BCUT2D eigenvalue weighted by Gasteiger charge is 2.22. The fourth-order valence-electron chi connectivity index (χ4n) is 2.52. The van der Waals surface area contributed by atoms with Crippen molar-refractivity contribution in [3.63, 3.8) is 0 Å². The minimum absolute atomic E-state index is 0.159. The number of carbonyl (C=O) groups excluding carboxylic acids is 2. The molecule has 0 atom stereocenters. The Morgan fingerprint density at radius 2 is 2.08 bits per heavy atom. The number of rotatable bonds is 5. The van der Waals surface area contributed by atoms with Crippen molar-refractivity contribution in [3.8, 4) is 0 Å². The van der Waals surface area contributed by atoms with E-state index in [1.54, 1.807) is 36.4 Å². The van der Waals surface area contributed by atoms with Gasteiger partial charge >= 0.3 is 0 Å². The number of unbranched alkanes of at least 4 members (excludes halogenated alkanes) is 1. The van der Waals surface area contributed by atoms with E-state index in [2.05, 4.69) is 17.6 Å². The molecule has 3 rings (SSSR count). The molecule has 0 bridgehead atoms. The lowest BCUT2D eigenvalue weighted by Crippen LogP contribution is -2.25. The highest BCUT2D eigenvalue weighted by atomic mass is 32.2. The molecule has 0 saturated carbocycles. The molecule has 0 unspecified atom stereocenters. The van der Waals surface area contributed by atoms with Crippen molar-refractivity contribution in [2.75, 3.05) is 11.9 Å². The predicted molar refractivity (Wildman–Crippen MR) is 103 cm³/mol. The monoisotopic (exact) mass is 370 g/mol. The van der Waals surface area contributed by atoms with Gasteiger partial charge < -0.3 is 10.6 Å². The average molecular weight is 370 g/mol. The summed E-state index contributed by atoms with van der Waals surface area (Å²) in [7, 11) is 0. The van der Waals surface area contributed by atoms with Gasteiger partial charge in [0.15, 0.2) is 0 Å². The molecule has 2 aromatic carbocycles. The molecule has 1 heterocycles. The average Bonchev–Trinajstić information content (AvgIpc) is 2.64. The van der Waals surface area contributed by atoms with Crippen molar-refractivity contribution < 1.29 is 14.0 Å². The summed E-state index contributed by atoms with van der Waals surface area (Å²) >= 11 is 1.26. The number of anilines is 1. The number of hydrogen-bond acceptors (Lipinski definition) is 3. The van der Waals surface area contributed by atoms with E-state index < -0.39 is 0 Å². The second-order valence-electron chi connectivity index (χ2n) is 5.91. The minimum Gasteiger partial charge on any atom is -0.352 e. The van der Waals surface area contributed by atoms with Crippen LogP contribution in [0.1, 0.15) is 35.7 Å². The van der Waals surface area contributed by atoms with Crippen LogP contribution in [0.15, 0.2) is 52.3 Å². The van der Waals surface area contributed by atoms with Gasteiger partial charge in [-0.25, -0.2) is 4.39 Å². The maximum absolute atomic E-state index is 13.8. The largest absolute Gasteiger partial charge is 0.352 e. The lowest BCUT2D eigenvalue weighted by Gasteiger charge is -2.19. The normalized spacial score (nSPS) is 14.7. The number of carbonyl (C=O) groups is 2. The summed E-state index contributed by atoms with van der Waals surface area (Å²) in [6.07, 6.45) is 3.46. The van der Waals surface area contributed by atoms with E-state index in [0.29, 0.717) is 28.3 Å². The standard InChI is InChI=1S/C20H19FN2O2S/c1-2-3-10-22-19(24)14-8-9-17-16(11-14)23-20(25)18(26-17)12-13-6-4-5-7-15(13)21/h4-9,11-12H,2-3,10H2,1H3,(H,22,24)(H,23,25)/b18-12+. The van der Waals surface area contributed by atoms with Crippen molar-refractivity contribution >= 4 is 35.3 Å². The zero-order valence-electron chi connectivity index (χ0n) is 14.3. The van der Waals surface area contributed by atoms with Crippen molar-refractivity contribution in [1.29, 1.82) is 0 Å². The Kier molecular flexibility index (Phi) is 5.73. The van der Waals surface area contributed by atoms with E-state index in [0.717, 1.165) is 17.7 Å². The van der Waals surface area contributed by atoms with Crippen LogP contribution in [0.5, 0.6) is 0 Å². The van der Waals surface area contributed by atoms with Gasteiger partial charge in [0.25, 0.3) is 11.8 Å². The first-order chi connectivity index (χ1) is 12.6. The van der Waals surface area contributed by atoms with Crippen molar-refractivity contribution in [2.24, 2.45) is 0 Å². The SMILES string of the molecule is CCCCNC(=O)c1ccc2c(c1)NC(=O)/C(=C\c1ccccc1F)S2. The van der Waals surface area contributed by atoms with E-state index in [9.17, 15) is 14.0 Å². The van der Waals surface area contributed by atoms with E-state index in [1.807, 2.05) is 0 Å². The zero-order valence-corrected chi connectivity index (χ0v) is 15.2. The smallest absolute Gasteiger partial charge is 0.262 e. The van der Waals surface area contributed by atoms with Gasteiger partial charge in [0.1, 0.15) is 5.82 Å². The Labute approximate surface area is 155 Å². The van der Waals surface area contributed by atoms with E-state index in [4.69, 9.17) is 0 Å². The second kappa shape index (κ2) is 8.19. The van der Waals surface area contributed by atoms with E-state index in [1.165, 1.54) is 23.9 Å². The molecule has 2 N–H and O–H groups in total. The molecule has 6 heteroatoms. The Bertz CT molecular complexity index is 880. The molecule has 2 aromatic rings. The highest BCUT2D eigenvalue weighted by molar-refractivity contribution is 8.04. The van der Waals surface area contributed by atoms with E-state index >= 15 is 0 Å². The molecule has 0 spiro atoms. The molecule has 1 aliphatic heterocycles. The van der Waals surface area contributed by atoms with Crippen LogP contribution in [0.3, 0.4) is 0 Å². The molecule has 0 aliphatic carbocycles. The quantitative estimate of drug-likeness (QED) is 0.604. The van der Waals surface area contributed by atoms with Crippen LogP contribution in [0.25, 0.3) is 6.08 Å². The van der Waals surface area contributed by atoms with Crippen LogP contribution in [-0.4, -0.2) is 18.4 Å². The van der Waals surface area contributed by atoms with Crippen LogP contribution >= 0.6 is 11.8 Å². The van der Waals surface area contributed by atoms with E-state index in [-0.39, 0.29) is 17.6 Å². The maximum Gasteiger partial charge on any atom is 0.262 e. The van der Waals surface area contributed by atoms with Gasteiger partial charge in [-0.1, -0.05) is 43.3 Å². The third-order valence-electron chi connectivity index (χ3n) is 3.94. The summed E-state index contributed by atoms with van der Waals surface area (Å²) in [4.78, 5) is 25.7. The van der Waals surface area contributed by atoms with Gasteiger partial charge in [-0.2, -0.15) is 0 Å². The number of halogens is 1. The summed E-state index contributed by atoms with van der Waals surface area (Å²) in [5.41, 5.74) is 1.46. The fraction of sp³-hybridized carbons (Fsp3) is 0.200. The van der Waals surface area contributed by atoms with Crippen molar-refractivity contribution in [1.82, 2.24) is 5.32 Å². The number of thioether (sulfide) groups is 1. The third kappa shape index (κ3) is 4.14. The molecular weight excluding hydrogens is 351 g/mol. The predicted octanol–water partition coefficient (Wildman–Crippen LogP) is 4.44. The van der Waals surface area contributed by atoms with Gasteiger partial charge in [-0.15, -0.1) is 0 Å². The fourth-order valence-corrected chi connectivity index (χ4v) is 3.44. The second-order valence-corrected chi connectivity index (χ2v) is 6.99. The third-order valence-corrected chi connectivity index (χ3v) is 5.04. The van der Waals surface area contributed by atoms with Crippen LogP contribution in [0.4, 0.5) is 10.1 Å². The molecular formula is C20H19FN2O2S. The first-order valence-electron chi connectivity index (χ1n) is 8.46. The van der Waals surface area contributed by atoms with Crippen LogP contribution in [0, 0.1) is 5.82 Å². The molecule has 134 valence electrons. The lowest BCUT2D eigenvalue weighted by atomic mass is 10.1. The summed E-state index contributed by atoms with van der Waals surface area (Å²) < 4.78 is 13.8. The summed E-state index contributed by atoms with van der Waals surface area (Å²) in [5, 5.41) is 5.64. The number of benzene rings is 2. The summed E-state index contributed by atoms with van der Waals surface area (Å²) in [6.45, 7) is 2.69. The van der Waals surface area contributed by atoms with Crippen LogP contribution in [-0.2, 0) is 4.79 Å². The van der Waals surface area contributed by atoms with Gasteiger partial charge in [0, 0.05) is 22.6 Å². The summed E-state index contributed by atoms with van der Waals surface area (Å²) in [6, 6.07) is 11.5. The minimum atomic E-state index is -0.377. The number of fused-ring (bicyclic) bond motifs is 1. The van der Waals surface area contributed by atoms with Crippen LogP contribution in [0.2, 0.25) is 0 Å². The number of hydrogen-bond donors (Lipinski definition) is 2. The maximum atomic E-state index is 13.8. The number of amides is 2. The van der Waals surface area contributed by atoms with Gasteiger partial charge in [0.2, 0.25) is 0 Å². The van der Waals surface area contributed by atoms with Gasteiger partial charge in [-0.3, -0.25) is 9.59 Å². The van der Waals surface area contributed by atoms with Crippen molar-refractivity contribution in [3.05, 3.63) is 64.3 Å². The molecule has 4 nitrogen and oxygen atoms in total. The Morgan fingerprint density at radius 1 is 1.27 bits per heavy atom. The molecule has 0 fully saturated rings. The molecule has 2 amide bonds. The Balaban J connectivity index is 1.80. The van der Waals surface area contributed by atoms with Gasteiger partial charge in [-0.05, 0) is 36.8 Å². The molecule has 1 aliphatic rings. The topological polar surface area (TPSA) is 58.2 Å². The Hall–Kier alpha value is -2.60. The molecule has 0 saturated heterocycles. The molecule has 26 heavy (non-hydrogen) atoms. The van der Waals surface area contributed by atoms with Crippen LogP contribution < -0.4 is 10.6 Å². The Morgan fingerprint density at radius 3 is 2.85 bits per heavy atom. The van der Waals surface area contributed by atoms with Crippen molar-refractivity contribution in [2.45, 2.75) is 24.7 Å². The van der Waals surface area contributed by atoms with Gasteiger partial charge in [0.05, 0.1) is 10.6 Å². The molecule has 0 radical (unpaired) electrons. The zero-order chi connectivity index (χ0) is 18.5. The first-order valence-corrected chi connectivity index (χ1v) is 9.28. The molecule has 0 aromatic heterocycles. The first kappa shape index (κ1) is 18.2. The summed E-state index contributed by atoms with van der Waals surface area (Å²) in [5.74, 6) is -0.846. The lowest BCUT2D eigenvalue weighted by molar-refractivity contribution is -0.112. The number of nitrogens with one attached hydrogen (secondary N) is 2.